The van der Waals surface area contributed by atoms with E-state index in [2.05, 4.69) is 12.2 Å². The Morgan fingerprint density at radius 1 is 1.26 bits per heavy atom. The average Bonchev–Trinajstić information content (AvgIpc) is 2.37. The van der Waals surface area contributed by atoms with E-state index in [0.29, 0.717) is 15.7 Å². The average molecular weight is 303 g/mol. The van der Waals surface area contributed by atoms with Crippen molar-refractivity contribution in [3.63, 3.8) is 0 Å². The van der Waals surface area contributed by atoms with Gasteiger partial charge in [-0.15, -0.1) is 0 Å². The number of hydrogen-bond donors (Lipinski definition) is 2. The highest BCUT2D eigenvalue weighted by Gasteiger charge is 2.22. The zero-order valence-corrected chi connectivity index (χ0v) is 12.4. The highest BCUT2D eigenvalue weighted by Crippen LogP contribution is 2.22. The third-order valence-electron chi connectivity index (χ3n) is 3.37. The van der Waals surface area contributed by atoms with Crippen LogP contribution in [0.5, 0.6) is 0 Å². The number of amides is 2. The largest absolute Gasteiger partial charge is 0.332 e. The molecule has 0 saturated carbocycles. The number of carbonyl (C=O) groups is 1. The number of hydrogen-bond acceptors (Lipinski definition) is 1. The Bertz CT molecular complexity index is 439. The van der Waals surface area contributed by atoms with E-state index < -0.39 is 0 Å². The molecule has 0 unspecified atom stereocenters. The van der Waals surface area contributed by atoms with E-state index in [9.17, 15) is 4.79 Å². The van der Waals surface area contributed by atoms with Gasteiger partial charge < -0.3 is 15.1 Å². The standard InChI is InChI=1S/C13H17Cl2N3O/c1-2-17-3-5-18(6-4-17)13(19)16-12-8-10(14)7-11(15)9-12/h7-9H,2-6H2,1H3,(H,16,19)/p+1. The molecule has 2 N–H and O–H groups in total. The Morgan fingerprint density at radius 3 is 2.37 bits per heavy atom. The Hall–Kier alpha value is -0.970. The molecule has 19 heavy (non-hydrogen) atoms. The van der Waals surface area contributed by atoms with Crippen LogP contribution in [0.4, 0.5) is 10.5 Å². The third-order valence-corrected chi connectivity index (χ3v) is 3.81. The predicted molar refractivity (Wildman–Crippen MR) is 78.3 cm³/mol. The summed E-state index contributed by atoms with van der Waals surface area (Å²) in [5.41, 5.74) is 0.632. The second-order valence-corrected chi connectivity index (χ2v) is 5.55. The monoisotopic (exact) mass is 302 g/mol. The molecule has 2 rings (SSSR count). The van der Waals surface area contributed by atoms with Crippen LogP contribution in [-0.2, 0) is 0 Å². The van der Waals surface area contributed by atoms with Crippen LogP contribution in [0.1, 0.15) is 6.92 Å². The molecule has 1 saturated heterocycles. The highest BCUT2D eigenvalue weighted by atomic mass is 35.5. The lowest BCUT2D eigenvalue weighted by Gasteiger charge is -2.31. The molecule has 0 spiro atoms. The maximum atomic E-state index is 12.1. The minimum atomic E-state index is -0.0894. The molecule has 1 aliphatic heterocycles. The van der Waals surface area contributed by atoms with Crippen LogP contribution in [0.2, 0.25) is 10.0 Å². The van der Waals surface area contributed by atoms with Crippen LogP contribution >= 0.6 is 23.2 Å². The Balaban J connectivity index is 1.94. The van der Waals surface area contributed by atoms with Crippen molar-refractivity contribution < 1.29 is 9.69 Å². The van der Waals surface area contributed by atoms with Gasteiger partial charge in [0.05, 0.1) is 32.7 Å². The Morgan fingerprint density at radius 2 is 1.84 bits per heavy atom. The molecule has 0 atom stereocenters. The molecule has 0 radical (unpaired) electrons. The molecule has 0 bridgehead atoms. The van der Waals surface area contributed by atoms with E-state index in [0.717, 1.165) is 32.7 Å². The fourth-order valence-corrected chi connectivity index (χ4v) is 2.73. The molecule has 4 nitrogen and oxygen atoms in total. The number of benzene rings is 1. The van der Waals surface area contributed by atoms with Gasteiger partial charge >= 0.3 is 6.03 Å². The van der Waals surface area contributed by atoms with E-state index >= 15 is 0 Å². The molecule has 2 amide bonds. The first kappa shape index (κ1) is 14.4. The molecular weight excluding hydrogens is 285 g/mol. The van der Waals surface area contributed by atoms with Gasteiger partial charge in [0.1, 0.15) is 0 Å². The van der Waals surface area contributed by atoms with Gasteiger partial charge in [0.15, 0.2) is 0 Å². The van der Waals surface area contributed by atoms with Gasteiger partial charge in [0.25, 0.3) is 0 Å². The van der Waals surface area contributed by atoms with Crippen molar-refractivity contribution in [2.75, 3.05) is 38.0 Å². The van der Waals surface area contributed by atoms with Crippen molar-refractivity contribution in [1.29, 1.82) is 0 Å². The van der Waals surface area contributed by atoms with Crippen molar-refractivity contribution in [2.24, 2.45) is 0 Å². The van der Waals surface area contributed by atoms with Crippen molar-refractivity contribution in [1.82, 2.24) is 4.90 Å². The summed E-state index contributed by atoms with van der Waals surface area (Å²) in [5, 5.41) is 3.87. The molecule has 0 aliphatic carbocycles. The van der Waals surface area contributed by atoms with Gasteiger partial charge in [-0.05, 0) is 25.1 Å². The smallest absolute Gasteiger partial charge is 0.322 e. The normalized spacial score (nSPS) is 16.5. The summed E-state index contributed by atoms with van der Waals surface area (Å²) in [6.45, 7) is 6.84. The molecule has 1 fully saturated rings. The summed E-state index contributed by atoms with van der Waals surface area (Å²) in [6, 6.07) is 4.94. The number of likely N-dealkylation sites (N-methyl/N-ethyl adjacent to an activating group) is 1. The van der Waals surface area contributed by atoms with Crippen molar-refractivity contribution in [3.8, 4) is 0 Å². The quantitative estimate of drug-likeness (QED) is 0.858. The number of quaternary nitrogens is 1. The predicted octanol–water partition coefficient (Wildman–Crippen LogP) is 1.75. The zero-order valence-electron chi connectivity index (χ0n) is 10.9. The minimum Gasteiger partial charge on any atom is -0.332 e. The first-order valence-corrected chi connectivity index (χ1v) is 7.19. The number of halogens is 2. The SMILES string of the molecule is CC[NH+]1CCN(C(=O)Nc2cc(Cl)cc(Cl)c2)CC1. The zero-order chi connectivity index (χ0) is 13.8. The van der Waals surface area contributed by atoms with Crippen LogP contribution in [0.25, 0.3) is 0 Å². The number of carbonyl (C=O) groups excluding carboxylic acids is 1. The number of rotatable bonds is 2. The highest BCUT2D eigenvalue weighted by molar-refractivity contribution is 6.35. The maximum Gasteiger partial charge on any atom is 0.322 e. The van der Waals surface area contributed by atoms with Crippen LogP contribution in [-0.4, -0.2) is 43.7 Å². The second kappa shape index (κ2) is 6.46. The van der Waals surface area contributed by atoms with Crippen LogP contribution in [0.3, 0.4) is 0 Å². The molecule has 1 aromatic rings. The molecule has 104 valence electrons. The van der Waals surface area contributed by atoms with Gasteiger partial charge in [0.2, 0.25) is 0 Å². The number of nitrogens with zero attached hydrogens (tertiary/aromatic N) is 1. The first-order chi connectivity index (χ1) is 9.08. The summed E-state index contributed by atoms with van der Waals surface area (Å²) in [7, 11) is 0. The lowest BCUT2D eigenvalue weighted by molar-refractivity contribution is -0.902. The topological polar surface area (TPSA) is 36.8 Å². The number of piperazine rings is 1. The Labute approximate surface area is 123 Å². The van der Waals surface area contributed by atoms with E-state index in [1.54, 1.807) is 18.2 Å². The molecule has 1 aliphatic rings. The minimum absolute atomic E-state index is 0.0894. The fourth-order valence-electron chi connectivity index (χ4n) is 2.21. The summed E-state index contributed by atoms with van der Waals surface area (Å²) in [6.07, 6.45) is 0. The summed E-state index contributed by atoms with van der Waals surface area (Å²) >= 11 is 11.8. The molecule has 1 heterocycles. The molecular formula is C13H18Cl2N3O+. The fraction of sp³-hybridized carbons (Fsp3) is 0.462. The Kier molecular flexibility index (Phi) is 4.91. The van der Waals surface area contributed by atoms with E-state index in [4.69, 9.17) is 23.2 Å². The van der Waals surface area contributed by atoms with Crippen LogP contribution < -0.4 is 10.2 Å². The molecule has 6 heteroatoms. The van der Waals surface area contributed by atoms with Gasteiger partial charge in [-0.2, -0.15) is 0 Å². The lowest BCUT2D eigenvalue weighted by Crippen LogP contribution is -3.14. The van der Waals surface area contributed by atoms with Gasteiger partial charge in [-0.1, -0.05) is 23.2 Å². The van der Waals surface area contributed by atoms with Gasteiger partial charge in [0, 0.05) is 15.7 Å². The summed E-state index contributed by atoms with van der Waals surface area (Å²) < 4.78 is 0. The third kappa shape index (κ3) is 4.00. The van der Waals surface area contributed by atoms with Crippen molar-refractivity contribution in [2.45, 2.75) is 6.92 Å². The summed E-state index contributed by atoms with van der Waals surface area (Å²) in [4.78, 5) is 15.5. The molecule has 1 aromatic carbocycles. The van der Waals surface area contributed by atoms with Crippen molar-refractivity contribution >= 4 is 34.9 Å². The van der Waals surface area contributed by atoms with Crippen molar-refractivity contribution in [3.05, 3.63) is 28.2 Å². The van der Waals surface area contributed by atoms with E-state index in [1.807, 2.05) is 4.90 Å². The van der Waals surface area contributed by atoms with Gasteiger partial charge in [-0.25, -0.2) is 4.79 Å². The summed E-state index contributed by atoms with van der Waals surface area (Å²) in [5.74, 6) is 0. The maximum absolute atomic E-state index is 12.1. The van der Waals surface area contributed by atoms with E-state index in [1.165, 1.54) is 4.90 Å². The number of anilines is 1. The first-order valence-electron chi connectivity index (χ1n) is 6.44. The van der Waals surface area contributed by atoms with E-state index in [-0.39, 0.29) is 6.03 Å². The lowest BCUT2D eigenvalue weighted by atomic mass is 10.3. The molecule has 0 aromatic heterocycles. The number of nitrogens with one attached hydrogen (secondary N) is 2. The van der Waals surface area contributed by atoms with Crippen LogP contribution in [0.15, 0.2) is 18.2 Å². The van der Waals surface area contributed by atoms with Crippen LogP contribution in [0, 0.1) is 0 Å². The van der Waals surface area contributed by atoms with Gasteiger partial charge in [-0.3, -0.25) is 0 Å². The number of urea groups is 1. The second-order valence-electron chi connectivity index (χ2n) is 4.68.